The van der Waals surface area contributed by atoms with Gasteiger partial charge in [0.15, 0.2) is 17.5 Å². The zero-order valence-electron chi connectivity index (χ0n) is 18.2. The number of aliphatic hydroxyl groups is 1. The number of methoxy groups -OCH3 is 1. The van der Waals surface area contributed by atoms with Crippen molar-refractivity contribution in [2.45, 2.75) is 39.3 Å². The fourth-order valence-electron chi connectivity index (χ4n) is 3.64. The van der Waals surface area contributed by atoms with E-state index in [0.29, 0.717) is 24.1 Å². The van der Waals surface area contributed by atoms with Gasteiger partial charge in [0.25, 0.3) is 0 Å². The van der Waals surface area contributed by atoms with Crippen molar-refractivity contribution in [2.75, 3.05) is 53.6 Å². The van der Waals surface area contributed by atoms with Gasteiger partial charge in [-0.15, -0.1) is 24.0 Å². The molecule has 0 spiro atoms. The Morgan fingerprint density at radius 1 is 1.34 bits per heavy atom. The molecule has 0 aliphatic carbocycles. The summed E-state index contributed by atoms with van der Waals surface area (Å²) in [6.07, 6.45) is 2.54. The molecule has 1 unspecified atom stereocenters. The zero-order chi connectivity index (χ0) is 20.4. The second kappa shape index (κ2) is 13.9. The molecule has 1 heterocycles. The van der Waals surface area contributed by atoms with Gasteiger partial charge < -0.3 is 24.8 Å². The summed E-state index contributed by atoms with van der Waals surface area (Å²) in [5, 5.41) is 12.3. The molecule has 29 heavy (non-hydrogen) atoms. The Bertz CT molecular complexity index is 630. The minimum Gasteiger partial charge on any atom is -0.493 e. The van der Waals surface area contributed by atoms with Gasteiger partial charge in [-0.05, 0) is 50.6 Å². The van der Waals surface area contributed by atoms with Crippen molar-refractivity contribution < 1.29 is 14.6 Å². The van der Waals surface area contributed by atoms with Crippen molar-refractivity contribution in [1.29, 1.82) is 0 Å². The molecule has 8 heteroatoms. The Labute approximate surface area is 192 Å². The topological polar surface area (TPSA) is 69.6 Å². The highest BCUT2D eigenvalue weighted by Crippen LogP contribution is 2.28. The van der Waals surface area contributed by atoms with E-state index in [0.717, 1.165) is 31.2 Å². The number of aliphatic hydroxyl groups excluding tert-OH is 1. The van der Waals surface area contributed by atoms with Gasteiger partial charge in [0.1, 0.15) is 6.61 Å². The quantitative estimate of drug-likeness (QED) is 0.281. The number of aliphatic imine (C=N–C) groups is 1. The summed E-state index contributed by atoms with van der Waals surface area (Å²) in [6, 6.07) is 6.39. The van der Waals surface area contributed by atoms with Crippen molar-refractivity contribution in [2.24, 2.45) is 4.99 Å². The lowest BCUT2D eigenvalue weighted by Crippen LogP contribution is -2.45. The minimum absolute atomic E-state index is 0. The number of likely N-dealkylation sites (N-methyl/N-ethyl adjacent to an activating group) is 2. The van der Waals surface area contributed by atoms with Crippen molar-refractivity contribution in [1.82, 2.24) is 15.1 Å². The third kappa shape index (κ3) is 7.82. The molecule has 1 saturated heterocycles. The van der Waals surface area contributed by atoms with Crippen LogP contribution in [0.1, 0.15) is 32.3 Å². The van der Waals surface area contributed by atoms with Crippen LogP contribution in [0.5, 0.6) is 11.5 Å². The standard InChI is InChI=1S/C21H36N4O3.HI/c1-5-22-21(24(3)16-18-8-7-11-25(18)6-2)23-15-17-9-10-19(28-13-12-26)20(14-17)27-4;/h9-10,14,18,26H,5-8,11-13,15-16H2,1-4H3,(H,22,23);1H. The van der Waals surface area contributed by atoms with Gasteiger partial charge in [0, 0.05) is 26.2 Å². The van der Waals surface area contributed by atoms with E-state index in [-0.39, 0.29) is 37.2 Å². The van der Waals surface area contributed by atoms with E-state index in [2.05, 4.69) is 36.0 Å². The molecule has 1 fully saturated rings. The lowest BCUT2D eigenvalue weighted by atomic mass is 10.2. The lowest BCUT2D eigenvalue weighted by molar-refractivity contribution is 0.196. The number of likely N-dealkylation sites (tertiary alicyclic amines) is 1. The number of hydrogen-bond acceptors (Lipinski definition) is 5. The first-order valence-electron chi connectivity index (χ1n) is 10.3. The molecular weight excluding hydrogens is 483 g/mol. The molecule has 1 aromatic rings. The smallest absolute Gasteiger partial charge is 0.194 e. The van der Waals surface area contributed by atoms with Crippen LogP contribution in [0.3, 0.4) is 0 Å². The lowest BCUT2D eigenvalue weighted by Gasteiger charge is -2.29. The number of nitrogens with one attached hydrogen (secondary N) is 1. The van der Waals surface area contributed by atoms with Crippen molar-refractivity contribution in [3.63, 3.8) is 0 Å². The number of nitrogens with zero attached hydrogens (tertiary/aromatic N) is 3. The number of hydrogen-bond donors (Lipinski definition) is 2. The predicted octanol–water partition coefficient (Wildman–Crippen LogP) is 2.57. The molecule has 0 bridgehead atoms. The van der Waals surface area contributed by atoms with E-state index in [1.54, 1.807) is 7.11 Å². The van der Waals surface area contributed by atoms with E-state index in [1.807, 2.05) is 18.2 Å². The van der Waals surface area contributed by atoms with Crippen LogP contribution < -0.4 is 14.8 Å². The van der Waals surface area contributed by atoms with Crippen molar-refractivity contribution >= 4 is 29.9 Å². The second-order valence-corrected chi connectivity index (χ2v) is 7.03. The fraction of sp³-hybridized carbons (Fsp3) is 0.667. The Hall–Kier alpha value is -1.26. The SMILES string of the molecule is CCNC(=NCc1ccc(OCCO)c(OC)c1)N(C)CC1CCCN1CC.I. The average molecular weight is 520 g/mol. The molecule has 1 aliphatic rings. The normalized spacial score (nSPS) is 17.0. The zero-order valence-corrected chi connectivity index (χ0v) is 20.5. The van der Waals surface area contributed by atoms with Crippen LogP contribution in [0.25, 0.3) is 0 Å². The summed E-state index contributed by atoms with van der Waals surface area (Å²) in [6.45, 7) is 9.24. The first kappa shape index (κ1) is 25.8. The third-order valence-electron chi connectivity index (χ3n) is 5.07. The molecule has 0 aromatic heterocycles. The Balaban J connectivity index is 0.00000420. The maximum absolute atomic E-state index is 8.93. The summed E-state index contributed by atoms with van der Waals surface area (Å²) < 4.78 is 10.9. The molecule has 2 rings (SSSR count). The molecule has 7 nitrogen and oxygen atoms in total. The first-order chi connectivity index (χ1) is 13.6. The molecule has 1 aromatic carbocycles. The number of ether oxygens (including phenoxy) is 2. The highest BCUT2D eigenvalue weighted by Gasteiger charge is 2.24. The molecular formula is C21H37IN4O3. The summed E-state index contributed by atoms with van der Waals surface area (Å²) in [7, 11) is 3.73. The van der Waals surface area contributed by atoms with Crippen molar-refractivity contribution in [3.05, 3.63) is 23.8 Å². The molecule has 0 saturated carbocycles. The summed E-state index contributed by atoms with van der Waals surface area (Å²) in [4.78, 5) is 9.61. The van der Waals surface area contributed by atoms with Crippen LogP contribution in [-0.4, -0.2) is 80.5 Å². The highest BCUT2D eigenvalue weighted by molar-refractivity contribution is 14.0. The maximum Gasteiger partial charge on any atom is 0.194 e. The Morgan fingerprint density at radius 2 is 2.14 bits per heavy atom. The minimum atomic E-state index is -0.0238. The number of guanidine groups is 1. The van der Waals surface area contributed by atoms with Crippen LogP contribution in [0, 0.1) is 0 Å². The summed E-state index contributed by atoms with van der Waals surface area (Å²) in [5.74, 6) is 2.21. The van der Waals surface area contributed by atoms with Crippen LogP contribution in [0.2, 0.25) is 0 Å². The van der Waals surface area contributed by atoms with Gasteiger partial charge in [-0.25, -0.2) is 4.99 Å². The fourth-order valence-corrected chi connectivity index (χ4v) is 3.64. The van der Waals surface area contributed by atoms with E-state index in [4.69, 9.17) is 19.6 Å². The van der Waals surface area contributed by atoms with Gasteiger partial charge in [0.05, 0.1) is 20.3 Å². The first-order valence-corrected chi connectivity index (χ1v) is 10.3. The molecule has 1 aliphatic heterocycles. The number of rotatable bonds is 10. The van der Waals surface area contributed by atoms with Crippen LogP contribution >= 0.6 is 24.0 Å². The monoisotopic (exact) mass is 520 g/mol. The number of halogens is 1. The maximum atomic E-state index is 8.93. The molecule has 2 N–H and O–H groups in total. The average Bonchev–Trinajstić information content (AvgIpc) is 3.16. The van der Waals surface area contributed by atoms with Gasteiger partial charge in [0.2, 0.25) is 0 Å². The summed E-state index contributed by atoms with van der Waals surface area (Å²) >= 11 is 0. The van der Waals surface area contributed by atoms with E-state index in [1.165, 1.54) is 19.4 Å². The second-order valence-electron chi connectivity index (χ2n) is 7.03. The third-order valence-corrected chi connectivity index (χ3v) is 5.07. The van der Waals surface area contributed by atoms with Gasteiger partial charge >= 0.3 is 0 Å². The Kier molecular flexibility index (Phi) is 12.3. The van der Waals surface area contributed by atoms with Gasteiger partial charge in [-0.1, -0.05) is 13.0 Å². The molecule has 1 atom stereocenters. The molecule has 0 amide bonds. The van der Waals surface area contributed by atoms with Gasteiger partial charge in [-0.2, -0.15) is 0 Å². The van der Waals surface area contributed by atoms with E-state index in [9.17, 15) is 0 Å². The van der Waals surface area contributed by atoms with Gasteiger partial charge in [-0.3, -0.25) is 4.90 Å². The van der Waals surface area contributed by atoms with Crippen LogP contribution in [0.15, 0.2) is 23.2 Å². The van der Waals surface area contributed by atoms with E-state index >= 15 is 0 Å². The number of benzene rings is 1. The highest BCUT2D eigenvalue weighted by atomic mass is 127. The van der Waals surface area contributed by atoms with Crippen LogP contribution in [0.4, 0.5) is 0 Å². The predicted molar refractivity (Wildman–Crippen MR) is 129 cm³/mol. The molecule has 166 valence electrons. The largest absolute Gasteiger partial charge is 0.493 e. The molecule has 0 radical (unpaired) electrons. The van der Waals surface area contributed by atoms with Crippen molar-refractivity contribution in [3.8, 4) is 11.5 Å². The summed E-state index contributed by atoms with van der Waals surface area (Å²) in [5.41, 5.74) is 1.05. The Morgan fingerprint density at radius 3 is 2.79 bits per heavy atom. The van der Waals surface area contributed by atoms with E-state index < -0.39 is 0 Å². The van der Waals surface area contributed by atoms with Crippen LogP contribution in [-0.2, 0) is 6.54 Å².